The first-order chi connectivity index (χ1) is 11.0. The third-order valence-corrected chi connectivity index (χ3v) is 3.70. The number of nitrogens with zero attached hydrogens (tertiary/aromatic N) is 1. The van der Waals surface area contributed by atoms with Gasteiger partial charge in [-0.1, -0.05) is 11.6 Å². The van der Waals surface area contributed by atoms with E-state index in [1.807, 2.05) is 6.07 Å². The molecule has 1 atom stereocenters. The lowest BCUT2D eigenvalue weighted by Crippen LogP contribution is -2.34. The van der Waals surface area contributed by atoms with Crippen molar-refractivity contribution in [3.05, 3.63) is 28.9 Å². The Balaban J connectivity index is 2.38. The standard InChI is InChI=1S/C16H19ClN2O4/c1-4-23-16(20)11(18)6-10-5-9-7-13(21-2)14(22-3)8-12(9)19-15(10)17/h5,7-8,11H,4,6,18H2,1-3H3. The molecule has 2 N–H and O–H groups in total. The lowest BCUT2D eigenvalue weighted by molar-refractivity contribution is -0.144. The highest BCUT2D eigenvalue weighted by Crippen LogP contribution is 2.33. The molecule has 1 aromatic heterocycles. The molecule has 0 aliphatic carbocycles. The van der Waals surface area contributed by atoms with Crippen LogP contribution in [-0.2, 0) is 16.0 Å². The SMILES string of the molecule is CCOC(=O)C(N)Cc1cc2cc(OC)c(OC)cc2nc1Cl. The Morgan fingerprint density at radius 2 is 1.91 bits per heavy atom. The Hall–Kier alpha value is -2.05. The van der Waals surface area contributed by atoms with Gasteiger partial charge in [-0.2, -0.15) is 0 Å². The second-order valence-electron chi connectivity index (χ2n) is 4.90. The van der Waals surface area contributed by atoms with Gasteiger partial charge in [-0.15, -0.1) is 0 Å². The second kappa shape index (κ2) is 7.48. The normalized spacial score (nSPS) is 12.0. The zero-order chi connectivity index (χ0) is 17.0. The Bertz CT molecular complexity index is 721. The molecule has 6 nitrogen and oxygen atoms in total. The van der Waals surface area contributed by atoms with E-state index in [4.69, 9.17) is 31.5 Å². The van der Waals surface area contributed by atoms with Gasteiger partial charge in [0.1, 0.15) is 11.2 Å². The molecule has 2 rings (SSSR count). The number of hydrogen-bond acceptors (Lipinski definition) is 6. The van der Waals surface area contributed by atoms with Crippen molar-refractivity contribution in [1.29, 1.82) is 0 Å². The molecule has 2 aromatic rings. The Kier molecular flexibility index (Phi) is 5.63. The number of pyridine rings is 1. The monoisotopic (exact) mass is 338 g/mol. The van der Waals surface area contributed by atoms with E-state index in [2.05, 4.69) is 4.98 Å². The van der Waals surface area contributed by atoms with Crippen molar-refractivity contribution in [2.45, 2.75) is 19.4 Å². The first kappa shape index (κ1) is 17.3. The van der Waals surface area contributed by atoms with Gasteiger partial charge in [-0.05, 0) is 24.6 Å². The molecule has 0 bridgehead atoms. The Morgan fingerprint density at radius 3 is 2.52 bits per heavy atom. The molecule has 0 saturated heterocycles. The van der Waals surface area contributed by atoms with Gasteiger partial charge in [-0.3, -0.25) is 4.79 Å². The molecule has 23 heavy (non-hydrogen) atoms. The van der Waals surface area contributed by atoms with Crippen molar-refractivity contribution < 1.29 is 19.0 Å². The molecule has 1 aromatic carbocycles. The number of carbonyl (C=O) groups excluding carboxylic acids is 1. The molecule has 0 spiro atoms. The molecule has 0 radical (unpaired) electrons. The number of halogens is 1. The molecule has 1 unspecified atom stereocenters. The number of rotatable bonds is 6. The second-order valence-corrected chi connectivity index (χ2v) is 5.26. The quantitative estimate of drug-likeness (QED) is 0.643. The van der Waals surface area contributed by atoms with E-state index < -0.39 is 12.0 Å². The summed E-state index contributed by atoms with van der Waals surface area (Å²) >= 11 is 6.21. The van der Waals surface area contributed by atoms with Gasteiger partial charge in [0.05, 0.1) is 26.3 Å². The zero-order valence-electron chi connectivity index (χ0n) is 13.3. The Morgan fingerprint density at radius 1 is 1.26 bits per heavy atom. The fourth-order valence-electron chi connectivity index (χ4n) is 2.23. The van der Waals surface area contributed by atoms with E-state index in [1.165, 1.54) is 0 Å². The first-order valence-electron chi connectivity index (χ1n) is 7.13. The third kappa shape index (κ3) is 3.83. The van der Waals surface area contributed by atoms with Crippen LogP contribution in [0.1, 0.15) is 12.5 Å². The van der Waals surface area contributed by atoms with Gasteiger partial charge in [-0.25, -0.2) is 4.98 Å². The number of esters is 1. The lowest BCUT2D eigenvalue weighted by atomic mass is 10.1. The topological polar surface area (TPSA) is 83.7 Å². The van der Waals surface area contributed by atoms with Crippen molar-refractivity contribution in [3.8, 4) is 11.5 Å². The summed E-state index contributed by atoms with van der Waals surface area (Å²) < 4.78 is 15.4. The number of aromatic nitrogens is 1. The summed E-state index contributed by atoms with van der Waals surface area (Å²) in [5, 5.41) is 1.11. The molecule has 7 heteroatoms. The third-order valence-electron chi connectivity index (χ3n) is 3.38. The van der Waals surface area contributed by atoms with Crippen LogP contribution in [0.5, 0.6) is 11.5 Å². The van der Waals surface area contributed by atoms with Gasteiger partial charge >= 0.3 is 5.97 Å². The smallest absolute Gasteiger partial charge is 0.323 e. The number of hydrogen-bond donors (Lipinski definition) is 1. The van der Waals surface area contributed by atoms with Crippen LogP contribution < -0.4 is 15.2 Å². The molecule has 0 aliphatic rings. The summed E-state index contributed by atoms with van der Waals surface area (Å²) in [6, 6.07) is 4.60. The maximum absolute atomic E-state index is 11.7. The van der Waals surface area contributed by atoms with Gasteiger partial charge < -0.3 is 19.9 Å². The number of ether oxygens (including phenoxy) is 3. The molecule has 0 aliphatic heterocycles. The molecule has 0 fully saturated rings. The van der Waals surface area contributed by atoms with Crippen LogP contribution in [0.4, 0.5) is 0 Å². The minimum Gasteiger partial charge on any atom is -0.493 e. The fraction of sp³-hybridized carbons (Fsp3) is 0.375. The van der Waals surface area contributed by atoms with Gasteiger partial charge in [0.25, 0.3) is 0 Å². The first-order valence-corrected chi connectivity index (χ1v) is 7.51. The molecule has 124 valence electrons. The van der Waals surface area contributed by atoms with E-state index >= 15 is 0 Å². The van der Waals surface area contributed by atoms with E-state index in [0.29, 0.717) is 27.7 Å². The Labute approximate surface area is 139 Å². The molecular weight excluding hydrogens is 320 g/mol. The van der Waals surface area contributed by atoms with Crippen LogP contribution in [0.3, 0.4) is 0 Å². The number of fused-ring (bicyclic) bond motifs is 1. The van der Waals surface area contributed by atoms with Gasteiger partial charge in [0.15, 0.2) is 11.5 Å². The zero-order valence-corrected chi connectivity index (χ0v) is 14.0. The van der Waals surface area contributed by atoms with Crippen LogP contribution >= 0.6 is 11.6 Å². The summed E-state index contributed by atoms with van der Waals surface area (Å²) in [4.78, 5) is 16.0. The van der Waals surface area contributed by atoms with Crippen molar-refractivity contribution in [1.82, 2.24) is 4.98 Å². The number of nitrogens with two attached hydrogens (primary N) is 1. The minimum atomic E-state index is -0.785. The van der Waals surface area contributed by atoms with Crippen molar-refractivity contribution in [3.63, 3.8) is 0 Å². The highest BCUT2D eigenvalue weighted by molar-refractivity contribution is 6.30. The largest absolute Gasteiger partial charge is 0.493 e. The fourth-order valence-corrected chi connectivity index (χ4v) is 2.46. The number of carbonyl (C=O) groups is 1. The summed E-state index contributed by atoms with van der Waals surface area (Å²) in [5.74, 6) is 0.695. The summed E-state index contributed by atoms with van der Waals surface area (Å²) in [5.41, 5.74) is 7.19. The highest BCUT2D eigenvalue weighted by atomic mass is 35.5. The van der Waals surface area contributed by atoms with Crippen molar-refractivity contribution in [2.24, 2.45) is 5.73 Å². The highest BCUT2D eigenvalue weighted by Gasteiger charge is 2.18. The van der Waals surface area contributed by atoms with Gasteiger partial charge in [0.2, 0.25) is 0 Å². The maximum Gasteiger partial charge on any atom is 0.323 e. The lowest BCUT2D eigenvalue weighted by Gasteiger charge is -2.13. The predicted octanol–water partition coefficient (Wildman–Crippen LogP) is 2.34. The van der Waals surface area contributed by atoms with Crippen molar-refractivity contribution in [2.75, 3.05) is 20.8 Å². The van der Waals surface area contributed by atoms with E-state index in [0.717, 1.165) is 5.39 Å². The average molecular weight is 339 g/mol. The maximum atomic E-state index is 11.7. The van der Waals surface area contributed by atoms with E-state index in [9.17, 15) is 4.79 Å². The van der Waals surface area contributed by atoms with Crippen LogP contribution in [0, 0.1) is 0 Å². The van der Waals surface area contributed by atoms with Crippen LogP contribution in [-0.4, -0.2) is 37.8 Å². The number of benzene rings is 1. The molecule has 1 heterocycles. The summed E-state index contributed by atoms with van der Waals surface area (Å²) in [7, 11) is 3.11. The van der Waals surface area contributed by atoms with Crippen LogP contribution in [0.25, 0.3) is 10.9 Å². The summed E-state index contributed by atoms with van der Waals surface area (Å²) in [6.07, 6.45) is 0.245. The van der Waals surface area contributed by atoms with Crippen LogP contribution in [0.15, 0.2) is 18.2 Å². The summed E-state index contributed by atoms with van der Waals surface area (Å²) in [6.45, 7) is 2.02. The molecular formula is C16H19ClN2O4. The predicted molar refractivity (Wildman–Crippen MR) is 88.2 cm³/mol. The van der Waals surface area contributed by atoms with E-state index in [-0.39, 0.29) is 13.0 Å². The minimum absolute atomic E-state index is 0.245. The average Bonchev–Trinajstić information content (AvgIpc) is 2.54. The molecule has 0 saturated carbocycles. The number of methoxy groups -OCH3 is 2. The van der Waals surface area contributed by atoms with Crippen molar-refractivity contribution >= 4 is 28.5 Å². The van der Waals surface area contributed by atoms with Gasteiger partial charge in [0, 0.05) is 17.9 Å². The molecule has 0 amide bonds. The van der Waals surface area contributed by atoms with Crippen LogP contribution in [0.2, 0.25) is 5.15 Å². The van der Waals surface area contributed by atoms with E-state index in [1.54, 1.807) is 33.3 Å².